The number of benzene rings is 2. The van der Waals surface area contributed by atoms with E-state index >= 15 is 0 Å². The van der Waals surface area contributed by atoms with Gasteiger partial charge in [-0.05, 0) is 42.2 Å². The van der Waals surface area contributed by atoms with Crippen LogP contribution in [-0.2, 0) is 16.6 Å². The Bertz CT molecular complexity index is 1130. The molecule has 7 heteroatoms. The van der Waals surface area contributed by atoms with Crippen LogP contribution in [0.2, 0.25) is 0 Å². The second-order valence-electron chi connectivity index (χ2n) is 7.18. The Balaban J connectivity index is 1.49. The highest BCUT2D eigenvalue weighted by Crippen LogP contribution is 2.50. The summed E-state index contributed by atoms with van der Waals surface area (Å²) >= 11 is 1.43. The van der Waals surface area contributed by atoms with E-state index in [1.165, 1.54) is 11.3 Å². The van der Waals surface area contributed by atoms with Gasteiger partial charge in [-0.2, -0.15) is 5.26 Å². The van der Waals surface area contributed by atoms with Gasteiger partial charge in [-0.15, -0.1) is 11.3 Å². The molecule has 3 aromatic rings. The summed E-state index contributed by atoms with van der Waals surface area (Å²) in [7, 11) is 3.18. The Morgan fingerprint density at radius 1 is 1.20 bits per heavy atom. The minimum absolute atomic E-state index is 0.0620. The SMILES string of the molecule is COc1ccc(C2(C(=O)Nc3ncc(Cc4ccccc4C#N)s3)CC2)cc1OC. The fourth-order valence-corrected chi connectivity index (χ4v) is 4.37. The van der Waals surface area contributed by atoms with Gasteiger partial charge in [0.2, 0.25) is 5.91 Å². The molecule has 0 atom stereocenters. The minimum Gasteiger partial charge on any atom is -0.493 e. The van der Waals surface area contributed by atoms with E-state index < -0.39 is 5.41 Å². The Morgan fingerprint density at radius 3 is 2.67 bits per heavy atom. The van der Waals surface area contributed by atoms with Crippen molar-refractivity contribution >= 4 is 22.4 Å². The lowest BCUT2D eigenvalue weighted by Crippen LogP contribution is -2.27. The summed E-state index contributed by atoms with van der Waals surface area (Å²) in [4.78, 5) is 18.4. The number of nitrogens with one attached hydrogen (secondary N) is 1. The molecule has 1 aliphatic rings. The average molecular weight is 420 g/mol. The van der Waals surface area contributed by atoms with Gasteiger partial charge in [0.15, 0.2) is 16.6 Å². The fraction of sp³-hybridized carbons (Fsp3) is 0.261. The van der Waals surface area contributed by atoms with Crippen LogP contribution >= 0.6 is 11.3 Å². The topological polar surface area (TPSA) is 84.2 Å². The van der Waals surface area contributed by atoms with Crippen LogP contribution in [0.4, 0.5) is 5.13 Å². The van der Waals surface area contributed by atoms with Crippen molar-refractivity contribution in [1.29, 1.82) is 5.26 Å². The molecule has 0 saturated heterocycles. The first-order chi connectivity index (χ1) is 14.6. The highest BCUT2D eigenvalue weighted by Gasteiger charge is 2.51. The average Bonchev–Trinajstić information content (AvgIpc) is 3.49. The van der Waals surface area contributed by atoms with E-state index in [0.29, 0.717) is 28.6 Å². The lowest BCUT2D eigenvalue weighted by atomic mass is 9.94. The highest BCUT2D eigenvalue weighted by atomic mass is 32.1. The molecule has 1 saturated carbocycles. The molecule has 0 aliphatic heterocycles. The van der Waals surface area contributed by atoms with Crippen LogP contribution < -0.4 is 14.8 Å². The first-order valence-corrected chi connectivity index (χ1v) is 10.4. The van der Waals surface area contributed by atoms with E-state index in [-0.39, 0.29) is 5.91 Å². The first-order valence-electron chi connectivity index (χ1n) is 9.56. The normalized spacial score (nSPS) is 13.9. The van der Waals surface area contributed by atoms with Gasteiger partial charge in [0.1, 0.15) is 0 Å². The summed E-state index contributed by atoms with van der Waals surface area (Å²) in [6, 6.07) is 15.3. The number of thiazole rings is 1. The smallest absolute Gasteiger partial charge is 0.236 e. The molecule has 0 unspecified atom stereocenters. The number of hydrogen-bond acceptors (Lipinski definition) is 6. The standard InChI is InChI=1S/C23H21N3O3S/c1-28-19-8-7-17(12-20(19)29-2)23(9-10-23)21(27)26-22-25-14-18(30-22)11-15-5-3-4-6-16(15)13-24/h3-8,12,14H,9-11H2,1-2H3,(H,25,26,27). The van der Waals surface area contributed by atoms with Crippen molar-refractivity contribution in [3.8, 4) is 17.6 Å². The largest absolute Gasteiger partial charge is 0.493 e. The first kappa shape index (κ1) is 19.9. The van der Waals surface area contributed by atoms with Gasteiger partial charge in [-0.1, -0.05) is 24.3 Å². The maximum atomic E-state index is 13.1. The van der Waals surface area contributed by atoms with Gasteiger partial charge in [0.05, 0.1) is 31.3 Å². The van der Waals surface area contributed by atoms with Crippen LogP contribution in [0.1, 0.15) is 34.4 Å². The van der Waals surface area contributed by atoms with E-state index in [1.54, 1.807) is 26.5 Å². The zero-order valence-corrected chi connectivity index (χ0v) is 17.6. The van der Waals surface area contributed by atoms with E-state index in [2.05, 4.69) is 16.4 Å². The Hall–Kier alpha value is -3.37. The maximum Gasteiger partial charge on any atom is 0.236 e. The van der Waals surface area contributed by atoms with Crippen molar-refractivity contribution in [3.63, 3.8) is 0 Å². The van der Waals surface area contributed by atoms with Crippen molar-refractivity contribution in [1.82, 2.24) is 4.98 Å². The molecule has 1 fully saturated rings. The second-order valence-corrected chi connectivity index (χ2v) is 8.30. The molecule has 1 aromatic heterocycles. The Kier molecular flexibility index (Phi) is 5.42. The molecule has 1 heterocycles. The van der Waals surface area contributed by atoms with E-state index in [4.69, 9.17) is 9.47 Å². The third-order valence-electron chi connectivity index (χ3n) is 5.40. The number of ether oxygens (including phenoxy) is 2. The molecule has 0 radical (unpaired) electrons. The molecule has 2 aromatic carbocycles. The number of carbonyl (C=O) groups is 1. The zero-order valence-electron chi connectivity index (χ0n) is 16.8. The third kappa shape index (κ3) is 3.74. The van der Waals surface area contributed by atoms with Gasteiger partial charge in [-0.25, -0.2) is 4.98 Å². The Labute approximate surface area is 179 Å². The minimum atomic E-state index is -0.557. The van der Waals surface area contributed by atoms with Gasteiger partial charge in [-0.3, -0.25) is 4.79 Å². The van der Waals surface area contributed by atoms with Gasteiger partial charge in [0.25, 0.3) is 0 Å². The van der Waals surface area contributed by atoms with Gasteiger partial charge < -0.3 is 14.8 Å². The molecular formula is C23H21N3O3S. The monoisotopic (exact) mass is 419 g/mol. The number of aromatic nitrogens is 1. The lowest BCUT2D eigenvalue weighted by molar-refractivity contribution is -0.118. The van der Waals surface area contributed by atoms with E-state index in [1.807, 2.05) is 36.4 Å². The van der Waals surface area contributed by atoms with Crippen LogP contribution in [0.15, 0.2) is 48.7 Å². The van der Waals surface area contributed by atoms with Crippen LogP contribution in [0.25, 0.3) is 0 Å². The van der Waals surface area contributed by atoms with Gasteiger partial charge >= 0.3 is 0 Å². The summed E-state index contributed by atoms with van der Waals surface area (Å²) in [6.07, 6.45) is 3.92. The van der Waals surface area contributed by atoms with Crippen molar-refractivity contribution in [2.24, 2.45) is 0 Å². The van der Waals surface area contributed by atoms with Crippen LogP contribution in [0, 0.1) is 11.3 Å². The molecule has 30 heavy (non-hydrogen) atoms. The van der Waals surface area contributed by atoms with Crippen LogP contribution in [0.3, 0.4) is 0 Å². The van der Waals surface area contributed by atoms with E-state index in [0.717, 1.165) is 28.8 Å². The second kappa shape index (κ2) is 8.17. The fourth-order valence-electron chi connectivity index (χ4n) is 3.54. The number of anilines is 1. The summed E-state index contributed by atoms with van der Waals surface area (Å²) in [5, 5.41) is 12.8. The van der Waals surface area contributed by atoms with Crippen LogP contribution in [-0.4, -0.2) is 25.1 Å². The number of rotatable bonds is 7. The third-order valence-corrected chi connectivity index (χ3v) is 6.31. The zero-order chi connectivity index (χ0) is 21.1. The number of nitriles is 1. The summed E-state index contributed by atoms with van der Waals surface area (Å²) in [6.45, 7) is 0. The highest BCUT2D eigenvalue weighted by molar-refractivity contribution is 7.15. The Morgan fingerprint density at radius 2 is 1.97 bits per heavy atom. The van der Waals surface area contributed by atoms with E-state index in [9.17, 15) is 10.1 Å². The van der Waals surface area contributed by atoms with Gasteiger partial charge in [0, 0.05) is 17.5 Å². The van der Waals surface area contributed by atoms with Crippen molar-refractivity contribution in [2.75, 3.05) is 19.5 Å². The summed E-state index contributed by atoms with van der Waals surface area (Å²) < 4.78 is 10.7. The number of carbonyl (C=O) groups excluding carboxylic acids is 1. The molecule has 4 rings (SSSR count). The maximum absolute atomic E-state index is 13.1. The molecule has 6 nitrogen and oxygen atoms in total. The molecule has 152 valence electrons. The number of methoxy groups -OCH3 is 2. The molecule has 0 spiro atoms. The van der Waals surface area contributed by atoms with Crippen molar-refractivity contribution in [2.45, 2.75) is 24.7 Å². The summed E-state index contributed by atoms with van der Waals surface area (Å²) in [5.41, 5.74) is 1.96. The lowest BCUT2D eigenvalue weighted by Gasteiger charge is -2.17. The molecule has 1 aliphatic carbocycles. The molecule has 0 bridgehead atoms. The number of amides is 1. The van der Waals surface area contributed by atoms with Crippen molar-refractivity contribution in [3.05, 3.63) is 70.2 Å². The van der Waals surface area contributed by atoms with Crippen LogP contribution in [0.5, 0.6) is 11.5 Å². The quantitative estimate of drug-likeness (QED) is 0.617. The molecule has 1 N–H and O–H groups in total. The number of hydrogen-bond donors (Lipinski definition) is 1. The van der Waals surface area contributed by atoms with Crippen molar-refractivity contribution < 1.29 is 14.3 Å². The predicted molar refractivity (Wildman–Crippen MR) is 115 cm³/mol. The predicted octanol–water partition coefficient (Wildman–Crippen LogP) is 4.29. The number of nitrogens with zero attached hydrogens (tertiary/aromatic N) is 2. The summed E-state index contributed by atoms with van der Waals surface area (Å²) in [5.74, 6) is 1.19. The molecule has 1 amide bonds. The molecular weight excluding hydrogens is 398 g/mol.